The highest BCUT2D eigenvalue weighted by Gasteiger charge is 2.37. The van der Waals surface area contributed by atoms with Crippen LogP contribution in [0.15, 0.2) is 35.7 Å². The molecule has 108 valence electrons. The summed E-state index contributed by atoms with van der Waals surface area (Å²) in [5.74, 6) is 1.75. The van der Waals surface area contributed by atoms with Crippen LogP contribution >= 0.6 is 0 Å². The number of allylic oxidation sites excluding steroid dienone is 2. The molecule has 2 aliphatic rings. The first-order chi connectivity index (χ1) is 9.68. The van der Waals surface area contributed by atoms with Crippen molar-refractivity contribution >= 4 is 5.69 Å². The van der Waals surface area contributed by atoms with E-state index in [4.69, 9.17) is 4.74 Å². The lowest BCUT2D eigenvalue weighted by atomic mass is 9.87. The fourth-order valence-corrected chi connectivity index (χ4v) is 3.56. The Labute approximate surface area is 122 Å². The highest BCUT2D eigenvalue weighted by atomic mass is 16.5. The van der Waals surface area contributed by atoms with Crippen molar-refractivity contribution in [2.75, 3.05) is 4.90 Å². The number of rotatable bonds is 2. The van der Waals surface area contributed by atoms with Crippen molar-refractivity contribution < 1.29 is 4.74 Å². The predicted molar refractivity (Wildman–Crippen MR) is 83.5 cm³/mol. The second kappa shape index (κ2) is 5.51. The average Bonchev–Trinajstić information content (AvgIpc) is 2.77. The molecule has 1 saturated carbocycles. The van der Waals surface area contributed by atoms with E-state index >= 15 is 0 Å². The Morgan fingerprint density at radius 2 is 1.70 bits per heavy atom. The van der Waals surface area contributed by atoms with Crippen LogP contribution in [0.4, 0.5) is 5.69 Å². The fourth-order valence-electron chi connectivity index (χ4n) is 3.56. The maximum absolute atomic E-state index is 6.24. The standard InChI is InChI=1S/C18H25NO/c1-13-9-7-8-12-17(13)19-14(2)15(3)20-18(19)16-10-5-4-6-11-16/h7-9,12,16,18H,4-6,10-11H2,1-3H3. The number of benzene rings is 1. The van der Waals surface area contributed by atoms with Gasteiger partial charge in [0.15, 0.2) is 6.23 Å². The number of ether oxygens (including phenoxy) is 1. The summed E-state index contributed by atoms with van der Waals surface area (Å²) >= 11 is 0. The summed E-state index contributed by atoms with van der Waals surface area (Å²) in [6, 6.07) is 8.64. The molecule has 1 aromatic rings. The lowest BCUT2D eigenvalue weighted by molar-refractivity contribution is 0.0711. The first-order valence-electron chi connectivity index (χ1n) is 7.87. The van der Waals surface area contributed by atoms with Gasteiger partial charge in [-0.2, -0.15) is 0 Å². The van der Waals surface area contributed by atoms with Gasteiger partial charge in [0.05, 0.1) is 5.70 Å². The second-order valence-electron chi connectivity index (χ2n) is 6.20. The van der Waals surface area contributed by atoms with Crippen LogP contribution in [-0.2, 0) is 4.74 Å². The molecule has 1 heterocycles. The van der Waals surface area contributed by atoms with Crippen LogP contribution in [0, 0.1) is 12.8 Å². The molecule has 1 fully saturated rings. The third kappa shape index (κ3) is 2.32. The van der Waals surface area contributed by atoms with Crippen LogP contribution < -0.4 is 4.90 Å². The highest BCUT2D eigenvalue weighted by Crippen LogP contribution is 2.40. The summed E-state index contributed by atoms with van der Waals surface area (Å²) in [6.07, 6.45) is 6.89. The molecule has 1 aliphatic carbocycles. The first-order valence-corrected chi connectivity index (χ1v) is 7.87. The quantitative estimate of drug-likeness (QED) is 0.751. The molecular formula is C18H25NO. The first kappa shape index (κ1) is 13.5. The van der Waals surface area contributed by atoms with E-state index in [1.807, 2.05) is 0 Å². The monoisotopic (exact) mass is 271 g/mol. The zero-order chi connectivity index (χ0) is 14.1. The second-order valence-corrected chi connectivity index (χ2v) is 6.20. The van der Waals surface area contributed by atoms with Gasteiger partial charge in [0.2, 0.25) is 0 Å². The normalized spacial score (nSPS) is 24.1. The molecule has 0 saturated heterocycles. The molecule has 1 atom stereocenters. The Morgan fingerprint density at radius 1 is 1.00 bits per heavy atom. The molecular weight excluding hydrogens is 246 g/mol. The van der Waals surface area contributed by atoms with Gasteiger partial charge in [-0.3, -0.25) is 0 Å². The Hall–Kier alpha value is -1.44. The van der Waals surface area contributed by atoms with Gasteiger partial charge in [-0.25, -0.2) is 0 Å². The largest absolute Gasteiger partial charge is 0.473 e. The molecule has 1 unspecified atom stereocenters. The third-order valence-corrected chi connectivity index (χ3v) is 4.85. The minimum Gasteiger partial charge on any atom is -0.473 e. The van der Waals surface area contributed by atoms with E-state index in [2.05, 4.69) is 49.9 Å². The van der Waals surface area contributed by atoms with Crippen LogP contribution in [-0.4, -0.2) is 6.23 Å². The average molecular weight is 271 g/mol. The van der Waals surface area contributed by atoms with E-state index in [-0.39, 0.29) is 6.23 Å². The van der Waals surface area contributed by atoms with Crippen LogP contribution in [0.25, 0.3) is 0 Å². The molecule has 0 aromatic heterocycles. The predicted octanol–water partition coefficient (Wildman–Crippen LogP) is 4.99. The molecule has 0 N–H and O–H groups in total. The molecule has 2 heteroatoms. The lowest BCUT2D eigenvalue weighted by Gasteiger charge is -2.35. The zero-order valence-corrected chi connectivity index (χ0v) is 12.9. The minimum absolute atomic E-state index is 0.205. The van der Waals surface area contributed by atoms with Crippen molar-refractivity contribution in [3.05, 3.63) is 41.3 Å². The van der Waals surface area contributed by atoms with E-state index in [1.54, 1.807) is 0 Å². The highest BCUT2D eigenvalue weighted by molar-refractivity contribution is 5.59. The summed E-state index contributed by atoms with van der Waals surface area (Å²) in [4.78, 5) is 2.43. The molecule has 0 spiro atoms. The van der Waals surface area contributed by atoms with Crippen LogP contribution in [0.2, 0.25) is 0 Å². The van der Waals surface area contributed by atoms with Gasteiger partial charge in [0.1, 0.15) is 5.76 Å². The van der Waals surface area contributed by atoms with Gasteiger partial charge in [-0.05, 0) is 45.2 Å². The number of hydrogen-bond donors (Lipinski definition) is 0. The Morgan fingerprint density at radius 3 is 2.40 bits per heavy atom. The number of para-hydroxylation sites is 1. The summed E-state index contributed by atoms with van der Waals surface area (Å²) < 4.78 is 6.24. The number of aryl methyl sites for hydroxylation is 1. The van der Waals surface area contributed by atoms with Gasteiger partial charge in [0.25, 0.3) is 0 Å². The number of hydrogen-bond acceptors (Lipinski definition) is 2. The minimum atomic E-state index is 0.205. The molecule has 3 rings (SSSR count). The molecule has 20 heavy (non-hydrogen) atoms. The van der Waals surface area contributed by atoms with E-state index in [0.717, 1.165) is 5.76 Å². The molecule has 0 radical (unpaired) electrons. The van der Waals surface area contributed by atoms with Crippen molar-refractivity contribution in [2.24, 2.45) is 5.92 Å². The van der Waals surface area contributed by atoms with Crippen molar-refractivity contribution in [3.63, 3.8) is 0 Å². The van der Waals surface area contributed by atoms with Crippen molar-refractivity contribution in [2.45, 2.75) is 59.1 Å². The topological polar surface area (TPSA) is 12.5 Å². The molecule has 1 aromatic carbocycles. The fraction of sp³-hybridized carbons (Fsp3) is 0.556. The Bertz CT molecular complexity index is 514. The van der Waals surface area contributed by atoms with Crippen molar-refractivity contribution in [1.82, 2.24) is 0 Å². The van der Waals surface area contributed by atoms with Crippen molar-refractivity contribution in [3.8, 4) is 0 Å². The summed E-state index contributed by atoms with van der Waals surface area (Å²) in [6.45, 7) is 6.47. The lowest BCUT2D eigenvalue weighted by Crippen LogP contribution is -2.38. The summed E-state index contributed by atoms with van der Waals surface area (Å²) in [5, 5.41) is 0. The maximum Gasteiger partial charge on any atom is 0.178 e. The smallest absolute Gasteiger partial charge is 0.178 e. The SMILES string of the molecule is CC1=C(C)N(c2ccccc2C)C(C2CCCCC2)O1. The number of anilines is 1. The molecule has 1 aliphatic heterocycles. The molecule has 0 amide bonds. The van der Waals surface area contributed by atoms with Gasteiger partial charge in [-0.15, -0.1) is 0 Å². The van der Waals surface area contributed by atoms with E-state index < -0.39 is 0 Å². The van der Waals surface area contributed by atoms with Crippen LogP contribution in [0.3, 0.4) is 0 Å². The van der Waals surface area contributed by atoms with Gasteiger partial charge in [-0.1, -0.05) is 37.5 Å². The molecule has 0 bridgehead atoms. The number of nitrogens with zero attached hydrogens (tertiary/aromatic N) is 1. The van der Waals surface area contributed by atoms with E-state index in [9.17, 15) is 0 Å². The van der Waals surface area contributed by atoms with Gasteiger partial charge < -0.3 is 9.64 Å². The van der Waals surface area contributed by atoms with Crippen LogP contribution in [0.5, 0.6) is 0 Å². The Balaban J connectivity index is 1.93. The van der Waals surface area contributed by atoms with Crippen LogP contribution in [0.1, 0.15) is 51.5 Å². The van der Waals surface area contributed by atoms with E-state index in [0.29, 0.717) is 5.92 Å². The maximum atomic E-state index is 6.24. The van der Waals surface area contributed by atoms with Gasteiger partial charge >= 0.3 is 0 Å². The van der Waals surface area contributed by atoms with Crippen molar-refractivity contribution in [1.29, 1.82) is 0 Å². The molecule has 2 nitrogen and oxygen atoms in total. The summed E-state index contributed by atoms with van der Waals surface area (Å²) in [5.41, 5.74) is 3.90. The Kier molecular flexibility index (Phi) is 3.73. The van der Waals surface area contributed by atoms with Gasteiger partial charge in [0, 0.05) is 11.6 Å². The van der Waals surface area contributed by atoms with E-state index in [1.165, 1.54) is 49.1 Å². The summed E-state index contributed by atoms with van der Waals surface area (Å²) in [7, 11) is 0. The third-order valence-electron chi connectivity index (χ3n) is 4.85. The zero-order valence-electron chi connectivity index (χ0n) is 12.9.